The molecule has 0 radical (unpaired) electrons. The van der Waals surface area contributed by atoms with Crippen LogP contribution in [0.1, 0.15) is 62.2 Å². The number of nitrogens with one attached hydrogen (secondary N) is 4. The minimum Gasteiger partial charge on any atom is -0.391 e. The standard InChI is InChI=1S/C27H36N4O5/c1-18(32)25(27(35)31-36)30-26(34)21-11-9-19(10-12-21)20-13-15-23(16-14-20)29-24(33)17-28-22-7-5-3-2-4-6-8-22/h9-16,18,22,25,28,32,36H,2-8,17H2,1H3,(H,29,33)(H,30,34)(H,31,35)/t18-,25+/m1/s1. The number of rotatable bonds is 9. The topological polar surface area (TPSA) is 140 Å². The highest BCUT2D eigenvalue weighted by Crippen LogP contribution is 2.22. The zero-order valence-electron chi connectivity index (χ0n) is 20.6. The fourth-order valence-electron chi connectivity index (χ4n) is 4.36. The van der Waals surface area contributed by atoms with E-state index in [-0.39, 0.29) is 5.91 Å². The number of carbonyl (C=O) groups is 3. The molecule has 0 saturated heterocycles. The van der Waals surface area contributed by atoms with Gasteiger partial charge in [0.25, 0.3) is 11.8 Å². The summed E-state index contributed by atoms with van der Waals surface area (Å²) in [5.74, 6) is -1.52. The molecule has 0 spiro atoms. The maximum absolute atomic E-state index is 12.4. The van der Waals surface area contributed by atoms with Gasteiger partial charge in [-0.2, -0.15) is 0 Å². The summed E-state index contributed by atoms with van der Waals surface area (Å²) in [4.78, 5) is 36.4. The van der Waals surface area contributed by atoms with E-state index in [9.17, 15) is 19.5 Å². The molecule has 3 amide bonds. The van der Waals surface area contributed by atoms with E-state index in [0.717, 1.165) is 24.0 Å². The van der Waals surface area contributed by atoms with Crippen molar-refractivity contribution in [2.24, 2.45) is 0 Å². The average molecular weight is 497 g/mol. The SMILES string of the molecule is C[C@@H](O)[C@H](NC(=O)c1ccc(-c2ccc(NC(=O)CNC3CCCCCCC3)cc2)cc1)C(=O)NO. The second-order valence-corrected chi connectivity index (χ2v) is 9.29. The molecule has 6 N–H and O–H groups in total. The Morgan fingerprint density at radius 2 is 1.44 bits per heavy atom. The van der Waals surface area contributed by atoms with Crippen molar-refractivity contribution in [1.29, 1.82) is 0 Å². The molecule has 0 aliphatic heterocycles. The third-order valence-corrected chi connectivity index (χ3v) is 6.47. The van der Waals surface area contributed by atoms with Crippen LogP contribution in [0, 0.1) is 0 Å². The van der Waals surface area contributed by atoms with E-state index in [2.05, 4.69) is 16.0 Å². The molecule has 1 aliphatic carbocycles. The number of hydroxylamine groups is 1. The number of hydrogen-bond donors (Lipinski definition) is 6. The van der Waals surface area contributed by atoms with Crippen LogP contribution in [0.15, 0.2) is 48.5 Å². The monoisotopic (exact) mass is 496 g/mol. The number of anilines is 1. The molecular formula is C27H36N4O5. The van der Waals surface area contributed by atoms with Crippen LogP contribution in [0.5, 0.6) is 0 Å². The molecule has 0 bridgehead atoms. The van der Waals surface area contributed by atoms with E-state index >= 15 is 0 Å². The summed E-state index contributed by atoms with van der Waals surface area (Å²) in [7, 11) is 0. The Bertz CT molecular complexity index is 1000. The second-order valence-electron chi connectivity index (χ2n) is 9.29. The quantitative estimate of drug-likeness (QED) is 0.233. The maximum Gasteiger partial charge on any atom is 0.268 e. The van der Waals surface area contributed by atoms with Crippen LogP contribution in [-0.2, 0) is 9.59 Å². The molecule has 0 unspecified atom stereocenters. The van der Waals surface area contributed by atoms with Crippen LogP contribution in [-0.4, -0.2) is 52.8 Å². The summed E-state index contributed by atoms with van der Waals surface area (Å²) in [5, 5.41) is 27.2. The number of aliphatic hydroxyl groups is 1. The highest BCUT2D eigenvalue weighted by molar-refractivity contribution is 5.98. The van der Waals surface area contributed by atoms with Gasteiger partial charge in [0.05, 0.1) is 12.6 Å². The fourth-order valence-corrected chi connectivity index (χ4v) is 4.36. The van der Waals surface area contributed by atoms with Gasteiger partial charge in [0.1, 0.15) is 6.04 Å². The van der Waals surface area contributed by atoms with Crippen molar-refractivity contribution in [3.63, 3.8) is 0 Å². The first-order valence-electron chi connectivity index (χ1n) is 12.5. The van der Waals surface area contributed by atoms with Crippen molar-refractivity contribution < 1.29 is 24.7 Å². The summed E-state index contributed by atoms with van der Waals surface area (Å²) < 4.78 is 0. The largest absolute Gasteiger partial charge is 0.391 e. The van der Waals surface area contributed by atoms with Gasteiger partial charge in [0.2, 0.25) is 5.91 Å². The van der Waals surface area contributed by atoms with Crippen molar-refractivity contribution in [2.75, 3.05) is 11.9 Å². The van der Waals surface area contributed by atoms with Gasteiger partial charge in [-0.1, -0.05) is 56.4 Å². The summed E-state index contributed by atoms with van der Waals surface area (Å²) in [5.41, 5.74) is 4.23. The third kappa shape index (κ3) is 8.15. The molecule has 2 atom stereocenters. The van der Waals surface area contributed by atoms with Gasteiger partial charge in [-0.05, 0) is 55.2 Å². The van der Waals surface area contributed by atoms with Gasteiger partial charge in [-0.15, -0.1) is 0 Å². The predicted molar refractivity (Wildman–Crippen MR) is 137 cm³/mol. The van der Waals surface area contributed by atoms with Gasteiger partial charge in [-0.25, -0.2) is 5.48 Å². The lowest BCUT2D eigenvalue weighted by atomic mass is 9.97. The summed E-state index contributed by atoms with van der Waals surface area (Å²) >= 11 is 0. The maximum atomic E-state index is 12.4. The van der Waals surface area contributed by atoms with Crippen LogP contribution in [0.3, 0.4) is 0 Å². The van der Waals surface area contributed by atoms with Crippen LogP contribution < -0.4 is 21.4 Å². The minimum atomic E-state index is -1.28. The van der Waals surface area contributed by atoms with Crippen molar-refractivity contribution in [1.82, 2.24) is 16.1 Å². The minimum absolute atomic E-state index is 0.0643. The van der Waals surface area contributed by atoms with Crippen molar-refractivity contribution in [3.05, 3.63) is 54.1 Å². The van der Waals surface area contributed by atoms with Crippen molar-refractivity contribution >= 4 is 23.4 Å². The molecule has 0 aromatic heterocycles. The van der Waals surface area contributed by atoms with E-state index in [0.29, 0.717) is 23.8 Å². The van der Waals surface area contributed by atoms with Crippen LogP contribution >= 0.6 is 0 Å². The fraction of sp³-hybridized carbons (Fsp3) is 0.444. The normalized spacial score (nSPS) is 16.2. The number of hydrogen-bond acceptors (Lipinski definition) is 6. The lowest BCUT2D eigenvalue weighted by molar-refractivity contribution is -0.133. The molecule has 3 rings (SSSR count). The van der Waals surface area contributed by atoms with Crippen molar-refractivity contribution in [3.8, 4) is 11.1 Å². The molecule has 1 fully saturated rings. The van der Waals surface area contributed by atoms with Gasteiger partial charge in [0, 0.05) is 17.3 Å². The first-order chi connectivity index (χ1) is 17.4. The Morgan fingerprint density at radius 3 is 2.00 bits per heavy atom. The molecule has 1 aliphatic rings. The number of benzene rings is 2. The Balaban J connectivity index is 1.52. The zero-order chi connectivity index (χ0) is 25.9. The molecular weight excluding hydrogens is 460 g/mol. The molecule has 9 heteroatoms. The first kappa shape index (κ1) is 27.3. The van der Waals surface area contributed by atoms with Crippen LogP contribution in [0.4, 0.5) is 5.69 Å². The van der Waals surface area contributed by atoms with E-state index < -0.39 is 24.0 Å². The van der Waals surface area contributed by atoms with Gasteiger partial charge in [0.15, 0.2) is 0 Å². The number of aliphatic hydroxyl groups excluding tert-OH is 1. The molecule has 0 heterocycles. The second kappa shape index (κ2) is 13.7. The summed E-state index contributed by atoms with van der Waals surface area (Å²) in [6, 6.07) is 13.3. The molecule has 1 saturated carbocycles. The highest BCUT2D eigenvalue weighted by Gasteiger charge is 2.25. The molecule has 2 aromatic rings. The van der Waals surface area contributed by atoms with Crippen LogP contribution in [0.2, 0.25) is 0 Å². The Kier molecular flexibility index (Phi) is 10.4. The molecule has 2 aromatic carbocycles. The third-order valence-electron chi connectivity index (χ3n) is 6.47. The molecule has 36 heavy (non-hydrogen) atoms. The van der Waals surface area contributed by atoms with Crippen LogP contribution in [0.25, 0.3) is 11.1 Å². The summed E-state index contributed by atoms with van der Waals surface area (Å²) in [6.07, 6.45) is 7.38. The average Bonchev–Trinajstić information content (AvgIpc) is 2.86. The van der Waals surface area contributed by atoms with E-state index in [1.54, 1.807) is 24.3 Å². The van der Waals surface area contributed by atoms with Gasteiger partial charge < -0.3 is 21.1 Å². The number of amides is 3. The summed E-state index contributed by atoms with van der Waals surface area (Å²) in [6.45, 7) is 1.64. The first-order valence-corrected chi connectivity index (χ1v) is 12.5. The molecule has 9 nitrogen and oxygen atoms in total. The Morgan fingerprint density at radius 1 is 0.889 bits per heavy atom. The van der Waals surface area contributed by atoms with Gasteiger partial charge >= 0.3 is 0 Å². The highest BCUT2D eigenvalue weighted by atomic mass is 16.5. The van der Waals surface area contributed by atoms with E-state index in [1.165, 1.54) is 44.5 Å². The Labute approximate surface area is 211 Å². The lowest BCUT2D eigenvalue weighted by Crippen LogP contribution is -2.51. The Hall–Kier alpha value is -3.27. The smallest absolute Gasteiger partial charge is 0.268 e. The molecule has 194 valence electrons. The lowest BCUT2D eigenvalue weighted by Gasteiger charge is -2.20. The van der Waals surface area contributed by atoms with E-state index in [1.807, 2.05) is 24.3 Å². The van der Waals surface area contributed by atoms with Gasteiger partial charge in [-0.3, -0.25) is 19.6 Å². The predicted octanol–water partition coefficient (Wildman–Crippen LogP) is 2.98. The zero-order valence-corrected chi connectivity index (χ0v) is 20.6. The number of carbonyl (C=O) groups excluding carboxylic acids is 3. The van der Waals surface area contributed by atoms with E-state index in [4.69, 9.17) is 5.21 Å². The van der Waals surface area contributed by atoms with Crippen molar-refractivity contribution in [2.45, 2.75) is 70.1 Å².